The topological polar surface area (TPSA) is 105 Å². The highest BCUT2D eigenvalue weighted by Crippen LogP contribution is 2.44. The normalized spacial score (nSPS) is 14.2. The summed E-state index contributed by atoms with van der Waals surface area (Å²) in [5, 5.41) is 10.3. The largest absolute Gasteiger partial charge is 0.490 e. The molecule has 1 aliphatic rings. The third kappa shape index (κ3) is 5.29. The molecule has 4 rings (SSSR count). The second kappa shape index (κ2) is 11.0. The van der Waals surface area contributed by atoms with Gasteiger partial charge in [-0.1, -0.05) is 30.3 Å². The monoisotopic (exact) mass is 614 g/mol. The first kappa shape index (κ1) is 25.5. The van der Waals surface area contributed by atoms with Gasteiger partial charge in [0, 0.05) is 4.47 Å². The molecule has 0 spiro atoms. The van der Waals surface area contributed by atoms with Gasteiger partial charge in [0.05, 0.1) is 22.3 Å². The molecule has 0 saturated carbocycles. The van der Waals surface area contributed by atoms with Crippen LogP contribution in [0.1, 0.15) is 28.4 Å². The maximum Gasteiger partial charge on any atom is 0.335 e. The zero-order valence-electron chi connectivity index (χ0n) is 19.0. The van der Waals surface area contributed by atoms with E-state index in [0.29, 0.717) is 38.3 Å². The summed E-state index contributed by atoms with van der Waals surface area (Å²) in [5.74, 6) is -1.17. The van der Waals surface area contributed by atoms with Crippen LogP contribution in [0.25, 0.3) is 6.08 Å². The first-order valence-electron chi connectivity index (χ1n) is 10.8. The molecular formula is C26H20Br2N2O6. The molecule has 10 heteroatoms. The number of anilines is 1. The van der Waals surface area contributed by atoms with Crippen LogP contribution in [-0.4, -0.2) is 29.5 Å². The second-order valence-corrected chi connectivity index (χ2v) is 9.21. The predicted molar refractivity (Wildman–Crippen MR) is 141 cm³/mol. The summed E-state index contributed by atoms with van der Waals surface area (Å²) >= 11 is 7.06. The number of nitrogens with one attached hydrogen (secondary N) is 1. The van der Waals surface area contributed by atoms with Gasteiger partial charge in [0.2, 0.25) is 0 Å². The minimum Gasteiger partial charge on any atom is -0.490 e. The van der Waals surface area contributed by atoms with Crippen LogP contribution in [0.4, 0.5) is 5.69 Å². The molecule has 1 saturated heterocycles. The molecule has 3 aromatic carbocycles. The average molecular weight is 616 g/mol. The summed E-state index contributed by atoms with van der Waals surface area (Å²) in [6, 6.07) is 16.9. The van der Waals surface area contributed by atoms with E-state index in [4.69, 9.17) is 14.6 Å². The predicted octanol–water partition coefficient (Wildman–Crippen LogP) is 5.35. The number of hydrogen-bond acceptors (Lipinski definition) is 5. The Labute approximate surface area is 223 Å². The van der Waals surface area contributed by atoms with E-state index >= 15 is 0 Å². The first-order chi connectivity index (χ1) is 17.3. The molecule has 2 N–H and O–H groups in total. The number of hydrogen-bond donors (Lipinski definition) is 2. The summed E-state index contributed by atoms with van der Waals surface area (Å²) in [6.07, 6.45) is 1.49. The molecule has 36 heavy (non-hydrogen) atoms. The Morgan fingerprint density at radius 1 is 1.03 bits per heavy atom. The zero-order valence-corrected chi connectivity index (χ0v) is 22.1. The summed E-state index contributed by atoms with van der Waals surface area (Å²) < 4.78 is 12.9. The van der Waals surface area contributed by atoms with E-state index in [0.717, 1.165) is 5.56 Å². The minimum atomic E-state index is -1.00. The Balaban J connectivity index is 1.63. The summed E-state index contributed by atoms with van der Waals surface area (Å²) in [4.78, 5) is 36.6. The number of ether oxygens (including phenoxy) is 2. The molecule has 0 aromatic heterocycles. The number of carbonyl (C=O) groups excluding carboxylic acids is 2. The van der Waals surface area contributed by atoms with Gasteiger partial charge in [-0.15, -0.1) is 0 Å². The highest BCUT2D eigenvalue weighted by molar-refractivity contribution is 9.13. The highest BCUT2D eigenvalue weighted by atomic mass is 79.9. The van der Waals surface area contributed by atoms with Gasteiger partial charge in [0.15, 0.2) is 11.5 Å². The van der Waals surface area contributed by atoms with E-state index in [9.17, 15) is 14.4 Å². The van der Waals surface area contributed by atoms with Crippen molar-refractivity contribution in [3.63, 3.8) is 0 Å². The molecule has 1 fully saturated rings. The number of halogens is 2. The van der Waals surface area contributed by atoms with Crippen molar-refractivity contribution in [3.8, 4) is 11.5 Å². The molecule has 1 heterocycles. The first-order valence-corrected chi connectivity index (χ1v) is 12.4. The number of rotatable bonds is 8. The van der Waals surface area contributed by atoms with Gasteiger partial charge in [0.25, 0.3) is 11.8 Å². The van der Waals surface area contributed by atoms with Gasteiger partial charge in [-0.25, -0.2) is 9.80 Å². The Morgan fingerprint density at radius 3 is 2.36 bits per heavy atom. The Kier molecular flexibility index (Phi) is 7.76. The number of para-hydroxylation sites is 1. The number of hydrazine groups is 1. The summed E-state index contributed by atoms with van der Waals surface area (Å²) in [6.45, 7) is 2.35. The van der Waals surface area contributed by atoms with Gasteiger partial charge in [-0.05, 0) is 86.3 Å². The van der Waals surface area contributed by atoms with Gasteiger partial charge < -0.3 is 14.6 Å². The number of amides is 2. The van der Waals surface area contributed by atoms with Crippen molar-refractivity contribution in [3.05, 3.63) is 91.9 Å². The second-order valence-electron chi connectivity index (χ2n) is 7.62. The van der Waals surface area contributed by atoms with E-state index < -0.39 is 17.8 Å². The van der Waals surface area contributed by atoms with Crippen LogP contribution < -0.4 is 19.9 Å². The Bertz CT molecular complexity index is 1360. The molecule has 0 unspecified atom stereocenters. The van der Waals surface area contributed by atoms with Gasteiger partial charge in [0.1, 0.15) is 12.2 Å². The fourth-order valence-corrected chi connectivity index (χ4v) is 4.43. The molecule has 0 atom stereocenters. The third-order valence-corrected chi connectivity index (χ3v) is 7.39. The average Bonchev–Trinajstić information content (AvgIpc) is 3.16. The number of benzene rings is 3. The van der Waals surface area contributed by atoms with Crippen LogP contribution in [0.15, 0.2) is 75.2 Å². The quantitative estimate of drug-likeness (QED) is 0.261. The van der Waals surface area contributed by atoms with Crippen molar-refractivity contribution in [2.75, 3.05) is 11.6 Å². The van der Waals surface area contributed by atoms with Crippen molar-refractivity contribution in [2.24, 2.45) is 0 Å². The highest BCUT2D eigenvalue weighted by Gasteiger charge is 2.34. The van der Waals surface area contributed by atoms with E-state index in [1.54, 1.807) is 42.5 Å². The molecule has 0 radical (unpaired) electrons. The van der Waals surface area contributed by atoms with Gasteiger partial charge in [-0.3, -0.25) is 15.0 Å². The number of carboxylic acids is 1. The molecule has 0 bridgehead atoms. The molecule has 0 aliphatic carbocycles. The fourth-order valence-electron chi connectivity index (χ4n) is 3.48. The van der Waals surface area contributed by atoms with Crippen molar-refractivity contribution in [1.82, 2.24) is 5.43 Å². The van der Waals surface area contributed by atoms with Crippen LogP contribution >= 0.6 is 31.9 Å². The Hall–Kier alpha value is -3.63. The van der Waals surface area contributed by atoms with Crippen LogP contribution in [0.5, 0.6) is 11.5 Å². The lowest BCUT2D eigenvalue weighted by Crippen LogP contribution is -2.35. The van der Waals surface area contributed by atoms with Crippen LogP contribution in [0.3, 0.4) is 0 Å². The molecule has 3 aromatic rings. The fraction of sp³-hybridized carbons (Fsp3) is 0.115. The van der Waals surface area contributed by atoms with Gasteiger partial charge in [-0.2, -0.15) is 0 Å². The summed E-state index contributed by atoms with van der Waals surface area (Å²) in [5.41, 5.74) is 4.60. The van der Waals surface area contributed by atoms with E-state index in [1.807, 2.05) is 13.0 Å². The maximum absolute atomic E-state index is 13.0. The standard InChI is InChI=1S/C26H20Br2N2O6/c1-2-35-20-13-17(12-19-24(31)29-30(25(19)32)18-6-4-3-5-7-18)21(27)22(28)23(20)36-14-15-8-10-16(11-9-15)26(33)34/h3-13H,2,14H2,1H3,(H,29,31)(H,33,34)/b19-12-. The lowest BCUT2D eigenvalue weighted by atomic mass is 10.1. The van der Waals surface area contributed by atoms with Crippen molar-refractivity contribution >= 4 is 61.4 Å². The number of aromatic carboxylic acids is 1. The van der Waals surface area contributed by atoms with Crippen LogP contribution in [0, 0.1) is 0 Å². The van der Waals surface area contributed by atoms with Gasteiger partial charge >= 0.3 is 5.97 Å². The Morgan fingerprint density at radius 2 is 1.72 bits per heavy atom. The van der Waals surface area contributed by atoms with E-state index in [-0.39, 0.29) is 17.7 Å². The summed E-state index contributed by atoms with van der Waals surface area (Å²) in [7, 11) is 0. The van der Waals surface area contributed by atoms with E-state index in [1.165, 1.54) is 23.2 Å². The molecular weight excluding hydrogens is 596 g/mol. The number of nitrogens with zero attached hydrogens (tertiary/aromatic N) is 1. The number of carbonyl (C=O) groups is 3. The lowest BCUT2D eigenvalue weighted by Gasteiger charge is -2.17. The third-order valence-electron chi connectivity index (χ3n) is 5.25. The minimum absolute atomic E-state index is 0.0268. The van der Waals surface area contributed by atoms with Crippen LogP contribution in [0.2, 0.25) is 0 Å². The lowest BCUT2D eigenvalue weighted by molar-refractivity contribution is -0.117. The smallest absolute Gasteiger partial charge is 0.335 e. The SMILES string of the molecule is CCOc1cc(/C=C2/C(=O)NN(c3ccccc3)C2=O)c(Br)c(Br)c1OCc1ccc(C(=O)O)cc1. The van der Waals surface area contributed by atoms with Crippen molar-refractivity contribution < 1.29 is 29.0 Å². The molecule has 1 aliphatic heterocycles. The van der Waals surface area contributed by atoms with Crippen molar-refractivity contribution in [1.29, 1.82) is 0 Å². The van der Waals surface area contributed by atoms with Crippen LogP contribution in [-0.2, 0) is 16.2 Å². The van der Waals surface area contributed by atoms with Crippen molar-refractivity contribution in [2.45, 2.75) is 13.5 Å². The maximum atomic E-state index is 13.0. The number of carboxylic acid groups (broad SMARTS) is 1. The molecule has 184 valence electrons. The van der Waals surface area contributed by atoms with E-state index in [2.05, 4.69) is 37.3 Å². The zero-order chi connectivity index (χ0) is 25.8. The molecule has 2 amide bonds. The molecule has 8 nitrogen and oxygen atoms in total.